The Morgan fingerprint density at radius 2 is 1.78 bits per heavy atom. The number of rotatable bonds is 5. The number of benzene rings is 1. The van der Waals surface area contributed by atoms with Crippen LogP contribution in [0.3, 0.4) is 0 Å². The second-order valence-corrected chi connectivity index (χ2v) is 13.3. The molecule has 4 aliphatic carbocycles. The van der Waals surface area contributed by atoms with E-state index >= 15 is 0 Å². The van der Waals surface area contributed by atoms with Crippen LogP contribution in [-0.4, -0.2) is 33.5 Å². The van der Waals surface area contributed by atoms with Gasteiger partial charge in [0.1, 0.15) is 0 Å². The highest BCUT2D eigenvalue weighted by atomic mass is 16.4. The summed E-state index contributed by atoms with van der Waals surface area (Å²) in [6.45, 7) is 9.57. The van der Waals surface area contributed by atoms with Crippen LogP contribution in [0.2, 0.25) is 0 Å². The molecule has 0 radical (unpaired) electrons. The van der Waals surface area contributed by atoms with Gasteiger partial charge >= 0.3 is 5.97 Å². The van der Waals surface area contributed by atoms with Crippen molar-refractivity contribution < 1.29 is 20.1 Å². The maximum atomic E-state index is 11.9. The van der Waals surface area contributed by atoms with Crippen molar-refractivity contribution in [3.8, 4) is 0 Å². The quantitative estimate of drug-likeness (QED) is 0.428. The van der Waals surface area contributed by atoms with Gasteiger partial charge in [-0.25, -0.2) is 4.79 Å². The molecule has 4 fully saturated rings. The highest BCUT2D eigenvalue weighted by Gasteiger charge is 2.64. The van der Waals surface area contributed by atoms with Gasteiger partial charge in [-0.1, -0.05) is 58.4 Å². The SMILES string of the molecule is CC[C@H]1[C@@H](O)[C@@H]2[C@H](CC[C@]3(C)[C@@H]([C@H](C)/C=C/c4cccc(C(=O)O)c4)CC[C@@H]23)[C@@]2(C)CC[C@@H](O)C[C@@H]12. The zero-order valence-corrected chi connectivity index (χ0v) is 22.6. The molecule has 0 aliphatic heterocycles. The van der Waals surface area contributed by atoms with E-state index in [-0.39, 0.29) is 23.0 Å². The first-order valence-corrected chi connectivity index (χ1v) is 14.5. The minimum atomic E-state index is -0.888. The molecule has 36 heavy (non-hydrogen) atoms. The first-order chi connectivity index (χ1) is 17.1. The summed E-state index contributed by atoms with van der Waals surface area (Å²) in [5.74, 6) is 2.32. The number of carboxylic acids is 1. The zero-order valence-electron chi connectivity index (χ0n) is 22.6. The molecule has 198 valence electrons. The van der Waals surface area contributed by atoms with Crippen molar-refractivity contribution in [2.75, 3.05) is 0 Å². The summed E-state index contributed by atoms with van der Waals surface area (Å²) in [4.78, 5) is 11.4. The van der Waals surface area contributed by atoms with Gasteiger partial charge in [-0.3, -0.25) is 0 Å². The third-order valence-electron chi connectivity index (χ3n) is 11.8. The molecule has 11 atom stereocenters. The van der Waals surface area contributed by atoms with Crippen LogP contribution in [-0.2, 0) is 0 Å². The molecule has 1 aromatic carbocycles. The third-order valence-corrected chi connectivity index (χ3v) is 11.8. The Balaban J connectivity index is 1.38. The van der Waals surface area contributed by atoms with Crippen LogP contribution in [0, 0.1) is 52.3 Å². The lowest BCUT2D eigenvalue weighted by molar-refractivity contribution is -0.202. The van der Waals surface area contributed by atoms with Crippen LogP contribution in [0.5, 0.6) is 0 Å². The number of fused-ring (bicyclic) bond motifs is 5. The molecule has 3 N–H and O–H groups in total. The number of hydrogen-bond acceptors (Lipinski definition) is 3. The molecule has 0 aromatic heterocycles. The Labute approximate surface area is 217 Å². The first-order valence-electron chi connectivity index (χ1n) is 14.5. The van der Waals surface area contributed by atoms with E-state index in [9.17, 15) is 20.1 Å². The van der Waals surface area contributed by atoms with E-state index in [0.29, 0.717) is 47.0 Å². The van der Waals surface area contributed by atoms with Gasteiger partial charge in [0.05, 0.1) is 17.8 Å². The number of hydrogen-bond donors (Lipinski definition) is 3. The number of aromatic carboxylic acids is 1. The Morgan fingerprint density at radius 1 is 1.06 bits per heavy atom. The predicted octanol–water partition coefficient (Wildman–Crippen LogP) is 6.66. The lowest BCUT2D eigenvalue weighted by atomic mass is 9.41. The van der Waals surface area contributed by atoms with Crippen molar-refractivity contribution in [3.63, 3.8) is 0 Å². The molecule has 4 nitrogen and oxygen atoms in total. The fourth-order valence-corrected chi connectivity index (χ4v) is 10.0. The van der Waals surface area contributed by atoms with Crippen LogP contribution in [0.15, 0.2) is 30.3 Å². The van der Waals surface area contributed by atoms with Crippen molar-refractivity contribution in [2.24, 2.45) is 52.3 Å². The van der Waals surface area contributed by atoms with Gasteiger partial charge in [0.15, 0.2) is 0 Å². The summed E-state index contributed by atoms with van der Waals surface area (Å²) >= 11 is 0. The van der Waals surface area contributed by atoms with Crippen LogP contribution >= 0.6 is 0 Å². The molecule has 4 heteroatoms. The second-order valence-electron chi connectivity index (χ2n) is 13.3. The van der Waals surface area contributed by atoms with Gasteiger partial charge in [0, 0.05) is 0 Å². The van der Waals surface area contributed by atoms with Gasteiger partial charge in [-0.05, 0) is 115 Å². The van der Waals surface area contributed by atoms with Crippen LogP contribution in [0.1, 0.15) is 95.0 Å². The van der Waals surface area contributed by atoms with Gasteiger partial charge in [-0.2, -0.15) is 0 Å². The summed E-state index contributed by atoms with van der Waals surface area (Å²) < 4.78 is 0. The normalized spacial score (nSPS) is 45.1. The molecule has 5 rings (SSSR count). The van der Waals surface area contributed by atoms with Gasteiger partial charge in [0.25, 0.3) is 0 Å². The van der Waals surface area contributed by atoms with Crippen molar-refractivity contribution >= 4 is 12.0 Å². The topological polar surface area (TPSA) is 77.8 Å². The fourth-order valence-electron chi connectivity index (χ4n) is 10.0. The average Bonchev–Trinajstić information content (AvgIpc) is 3.21. The van der Waals surface area contributed by atoms with Crippen LogP contribution in [0.4, 0.5) is 0 Å². The zero-order chi connectivity index (χ0) is 25.8. The molecule has 4 aliphatic rings. The molecule has 0 spiro atoms. The summed E-state index contributed by atoms with van der Waals surface area (Å²) in [5, 5.41) is 31.7. The van der Waals surface area contributed by atoms with E-state index in [0.717, 1.165) is 31.2 Å². The van der Waals surface area contributed by atoms with E-state index in [1.165, 1.54) is 25.7 Å². The molecule has 0 heterocycles. The number of carboxylic acid groups (broad SMARTS) is 1. The third kappa shape index (κ3) is 4.07. The highest BCUT2D eigenvalue weighted by Crippen LogP contribution is 2.69. The van der Waals surface area contributed by atoms with Gasteiger partial charge in [-0.15, -0.1) is 0 Å². The minimum Gasteiger partial charge on any atom is -0.478 e. The lowest BCUT2D eigenvalue weighted by Gasteiger charge is -2.64. The number of allylic oxidation sites excluding steroid dienone is 1. The van der Waals surface area contributed by atoms with Crippen molar-refractivity contribution in [1.82, 2.24) is 0 Å². The second kappa shape index (κ2) is 9.58. The smallest absolute Gasteiger partial charge is 0.335 e. The van der Waals surface area contributed by atoms with E-state index in [4.69, 9.17) is 0 Å². The Kier molecular flexibility index (Phi) is 6.91. The minimum absolute atomic E-state index is 0.200. The fraction of sp³-hybridized carbons (Fsp3) is 0.719. The largest absolute Gasteiger partial charge is 0.478 e. The van der Waals surface area contributed by atoms with Gasteiger partial charge in [0.2, 0.25) is 0 Å². The maximum Gasteiger partial charge on any atom is 0.335 e. The van der Waals surface area contributed by atoms with E-state index in [1.54, 1.807) is 12.1 Å². The van der Waals surface area contributed by atoms with Crippen molar-refractivity contribution in [2.45, 2.75) is 91.3 Å². The average molecular weight is 495 g/mol. The molecular formula is C32H46O4. The Hall–Kier alpha value is -1.65. The molecular weight excluding hydrogens is 448 g/mol. The van der Waals surface area contributed by atoms with Crippen LogP contribution < -0.4 is 0 Å². The summed E-state index contributed by atoms with van der Waals surface area (Å²) in [6, 6.07) is 7.18. The Bertz CT molecular complexity index is 1000. The number of carbonyl (C=O) groups is 1. The Morgan fingerprint density at radius 3 is 2.50 bits per heavy atom. The number of aliphatic hydroxyl groups excluding tert-OH is 2. The maximum absolute atomic E-state index is 11.9. The molecule has 1 aromatic rings. The van der Waals surface area contributed by atoms with E-state index in [2.05, 4.69) is 39.8 Å². The molecule has 0 saturated heterocycles. The first kappa shape index (κ1) is 26.0. The summed E-state index contributed by atoms with van der Waals surface area (Å²) in [7, 11) is 0. The standard InChI is InChI=1S/C32H46O4/c1-5-23-27-18-22(33)13-15-32(27,4)26-14-16-31(3)24(11-12-25(31)28(26)29(23)34)19(2)9-10-20-7-6-8-21(17-20)30(35)36/h6-10,17,19,22-29,33-34H,5,11-16,18H2,1-4H3,(H,35,36)/b10-9+/t19-,22-,23-,24-,25+,26+,27+,28+,29-,31-,32-/m1/s1. The predicted molar refractivity (Wildman–Crippen MR) is 143 cm³/mol. The molecule has 0 amide bonds. The monoisotopic (exact) mass is 494 g/mol. The van der Waals surface area contributed by atoms with Crippen molar-refractivity contribution in [1.29, 1.82) is 0 Å². The lowest BCUT2D eigenvalue weighted by Crippen LogP contribution is -2.62. The summed E-state index contributed by atoms with van der Waals surface area (Å²) in [6.07, 6.45) is 12.6. The van der Waals surface area contributed by atoms with Gasteiger partial charge < -0.3 is 15.3 Å². The van der Waals surface area contributed by atoms with E-state index in [1.807, 2.05) is 12.1 Å². The molecule has 0 unspecified atom stereocenters. The molecule has 4 saturated carbocycles. The van der Waals surface area contributed by atoms with Crippen molar-refractivity contribution in [3.05, 3.63) is 41.5 Å². The molecule has 0 bridgehead atoms. The number of aliphatic hydroxyl groups is 2. The van der Waals surface area contributed by atoms with E-state index < -0.39 is 5.97 Å². The highest BCUT2D eigenvalue weighted by molar-refractivity contribution is 5.88. The van der Waals surface area contributed by atoms with Crippen LogP contribution in [0.25, 0.3) is 6.08 Å². The summed E-state index contributed by atoms with van der Waals surface area (Å²) in [5.41, 5.74) is 1.74.